The van der Waals surface area contributed by atoms with Crippen molar-refractivity contribution in [3.8, 4) is 0 Å². The molecule has 0 radical (unpaired) electrons. The van der Waals surface area contributed by atoms with Gasteiger partial charge in [-0.25, -0.2) is 4.98 Å². The van der Waals surface area contributed by atoms with Gasteiger partial charge in [0.1, 0.15) is 0 Å². The van der Waals surface area contributed by atoms with E-state index in [2.05, 4.69) is 31.1 Å². The molecule has 4 heteroatoms. The summed E-state index contributed by atoms with van der Waals surface area (Å²) in [6.45, 7) is 7.27. The van der Waals surface area contributed by atoms with E-state index in [0.29, 0.717) is 6.04 Å². The summed E-state index contributed by atoms with van der Waals surface area (Å²) in [5.74, 6) is 0. The number of aromatic nitrogens is 1. The Morgan fingerprint density at radius 3 is 2.80 bits per heavy atom. The SMILES string of the molecule is CCNC(Cc1nccs1)C(C)(C)OC. The molecule has 1 atom stereocenters. The van der Waals surface area contributed by atoms with Gasteiger partial charge in [0.2, 0.25) is 0 Å². The number of nitrogens with zero attached hydrogens (tertiary/aromatic N) is 1. The number of likely N-dealkylation sites (N-methyl/N-ethyl adjacent to an activating group) is 1. The van der Waals surface area contributed by atoms with Crippen molar-refractivity contribution in [2.75, 3.05) is 13.7 Å². The summed E-state index contributed by atoms with van der Waals surface area (Å²) >= 11 is 1.70. The summed E-state index contributed by atoms with van der Waals surface area (Å²) in [5, 5.41) is 6.62. The van der Waals surface area contributed by atoms with Crippen molar-refractivity contribution >= 4 is 11.3 Å². The zero-order chi connectivity index (χ0) is 11.3. The van der Waals surface area contributed by atoms with Gasteiger partial charge in [-0.1, -0.05) is 6.92 Å². The molecule has 0 aliphatic rings. The molecule has 1 rings (SSSR count). The van der Waals surface area contributed by atoms with E-state index < -0.39 is 0 Å². The normalized spacial score (nSPS) is 14.1. The van der Waals surface area contributed by atoms with Crippen LogP contribution in [0.15, 0.2) is 11.6 Å². The molecule has 1 aromatic heterocycles. The number of ether oxygens (including phenoxy) is 1. The van der Waals surface area contributed by atoms with E-state index in [4.69, 9.17) is 4.74 Å². The molecular formula is C11H20N2OS. The Balaban J connectivity index is 2.66. The highest BCUT2D eigenvalue weighted by atomic mass is 32.1. The highest BCUT2D eigenvalue weighted by Crippen LogP contribution is 2.19. The molecule has 3 nitrogen and oxygen atoms in total. The smallest absolute Gasteiger partial charge is 0.0941 e. The molecule has 0 aliphatic heterocycles. The Morgan fingerprint density at radius 1 is 1.60 bits per heavy atom. The van der Waals surface area contributed by atoms with E-state index in [9.17, 15) is 0 Å². The number of nitrogens with one attached hydrogen (secondary N) is 1. The number of hydrogen-bond acceptors (Lipinski definition) is 4. The Labute approximate surface area is 95.9 Å². The van der Waals surface area contributed by atoms with Gasteiger partial charge in [0, 0.05) is 31.1 Å². The van der Waals surface area contributed by atoms with Crippen LogP contribution in [-0.4, -0.2) is 30.3 Å². The van der Waals surface area contributed by atoms with Crippen molar-refractivity contribution < 1.29 is 4.74 Å². The number of rotatable bonds is 6. The minimum Gasteiger partial charge on any atom is -0.377 e. The molecule has 0 fully saturated rings. The van der Waals surface area contributed by atoms with Crippen molar-refractivity contribution in [3.63, 3.8) is 0 Å². The lowest BCUT2D eigenvalue weighted by atomic mass is 9.96. The Kier molecular flexibility index (Phi) is 4.70. The van der Waals surface area contributed by atoms with E-state index in [1.54, 1.807) is 18.4 Å². The van der Waals surface area contributed by atoms with Crippen LogP contribution in [0.5, 0.6) is 0 Å². The van der Waals surface area contributed by atoms with Gasteiger partial charge in [0.25, 0.3) is 0 Å². The molecule has 1 heterocycles. The van der Waals surface area contributed by atoms with Crippen molar-refractivity contribution in [1.82, 2.24) is 10.3 Å². The summed E-state index contributed by atoms with van der Waals surface area (Å²) in [6.07, 6.45) is 2.77. The van der Waals surface area contributed by atoms with Crippen LogP contribution in [0, 0.1) is 0 Å². The molecule has 0 saturated heterocycles. The van der Waals surface area contributed by atoms with Crippen molar-refractivity contribution in [3.05, 3.63) is 16.6 Å². The van der Waals surface area contributed by atoms with E-state index >= 15 is 0 Å². The summed E-state index contributed by atoms with van der Waals surface area (Å²) in [6, 6.07) is 0.304. The minimum atomic E-state index is -0.165. The lowest BCUT2D eigenvalue weighted by Crippen LogP contribution is -2.49. The molecule has 15 heavy (non-hydrogen) atoms. The molecule has 0 aromatic carbocycles. The summed E-state index contributed by atoms with van der Waals surface area (Å²) in [7, 11) is 1.76. The maximum Gasteiger partial charge on any atom is 0.0941 e. The highest BCUT2D eigenvalue weighted by Gasteiger charge is 2.29. The molecule has 0 spiro atoms. The third-order valence-electron chi connectivity index (χ3n) is 2.68. The molecule has 1 unspecified atom stereocenters. The first kappa shape index (κ1) is 12.6. The molecule has 86 valence electrons. The fourth-order valence-electron chi connectivity index (χ4n) is 1.48. The molecule has 0 aliphatic carbocycles. The highest BCUT2D eigenvalue weighted by molar-refractivity contribution is 7.09. The van der Waals surface area contributed by atoms with E-state index in [1.807, 2.05) is 11.6 Å². The second-order valence-electron chi connectivity index (χ2n) is 4.05. The fraction of sp³-hybridized carbons (Fsp3) is 0.727. The van der Waals surface area contributed by atoms with Crippen LogP contribution < -0.4 is 5.32 Å². The van der Waals surface area contributed by atoms with Crippen molar-refractivity contribution in [1.29, 1.82) is 0 Å². The average molecular weight is 228 g/mol. The lowest BCUT2D eigenvalue weighted by molar-refractivity contribution is -0.00961. The third kappa shape index (κ3) is 3.55. The Bertz CT molecular complexity index is 272. The second kappa shape index (κ2) is 5.58. The molecule has 0 bridgehead atoms. The van der Waals surface area contributed by atoms with Crippen LogP contribution in [0.25, 0.3) is 0 Å². The van der Waals surface area contributed by atoms with Gasteiger partial charge >= 0.3 is 0 Å². The fourth-order valence-corrected chi connectivity index (χ4v) is 2.14. The van der Waals surface area contributed by atoms with Gasteiger partial charge in [-0.2, -0.15) is 0 Å². The summed E-state index contributed by atoms with van der Waals surface area (Å²) in [5.41, 5.74) is -0.165. The first-order valence-corrected chi connectivity index (χ1v) is 6.15. The number of thiazole rings is 1. The Hall–Kier alpha value is -0.450. The van der Waals surface area contributed by atoms with Crippen LogP contribution in [0.2, 0.25) is 0 Å². The van der Waals surface area contributed by atoms with E-state index in [-0.39, 0.29) is 5.60 Å². The van der Waals surface area contributed by atoms with E-state index in [1.165, 1.54) is 0 Å². The summed E-state index contributed by atoms with van der Waals surface area (Å²) in [4.78, 5) is 4.31. The lowest BCUT2D eigenvalue weighted by Gasteiger charge is -2.33. The van der Waals surface area contributed by atoms with Crippen molar-refractivity contribution in [2.24, 2.45) is 0 Å². The van der Waals surface area contributed by atoms with Gasteiger partial charge in [0.15, 0.2) is 0 Å². The molecular weight excluding hydrogens is 208 g/mol. The van der Waals surface area contributed by atoms with Crippen LogP contribution in [0.4, 0.5) is 0 Å². The standard InChI is InChI=1S/C11H20N2OS/c1-5-12-9(11(2,3)14-4)8-10-13-6-7-15-10/h6-7,9,12H,5,8H2,1-4H3. The predicted molar refractivity (Wildman–Crippen MR) is 64.4 cm³/mol. The second-order valence-corrected chi connectivity index (χ2v) is 5.03. The van der Waals surface area contributed by atoms with Crippen LogP contribution in [0.3, 0.4) is 0 Å². The average Bonchev–Trinajstić information content (AvgIpc) is 2.70. The topological polar surface area (TPSA) is 34.2 Å². The van der Waals surface area contributed by atoms with Crippen molar-refractivity contribution in [2.45, 2.75) is 38.8 Å². The quantitative estimate of drug-likeness (QED) is 0.809. The van der Waals surface area contributed by atoms with Gasteiger partial charge < -0.3 is 10.1 Å². The molecule has 1 aromatic rings. The maximum atomic E-state index is 5.52. The van der Waals surface area contributed by atoms with Crippen LogP contribution >= 0.6 is 11.3 Å². The minimum absolute atomic E-state index is 0.165. The zero-order valence-electron chi connectivity index (χ0n) is 9.91. The number of methoxy groups -OCH3 is 1. The van der Waals surface area contributed by atoms with Crippen LogP contribution in [-0.2, 0) is 11.2 Å². The molecule has 0 saturated carbocycles. The molecule has 0 amide bonds. The first-order valence-electron chi connectivity index (χ1n) is 5.27. The maximum absolute atomic E-state index is 5.52. The van der Waals surface area contributed by atoms with Gasteiger partial charge in [-0.15, -0.1) is 11.3 Å². The largest absolute Gasteiger partial charge is 0.377 e. The number of hydrogen-bond donors (Lipinski definition) is 1. The first-order chi connectivity index (χ1) is 7.10. The van der Waals surface area contributed by atoms with Gasteiger partial charge in [-0.05, 0) is 20.4 Å². The summed E-state index contributed by atoms with van der Waals surface area (Å²) < 4.78 is 5.52. The Morgan fingerprint density at radius 2 is 2.33 bits per heavy atom. The van der Waals surface area contributed by atoms with Gasteiger partial charge in [-0.3, -0.25) is 0 Å². The molecule has 1 N–H and O–H groups in total. The van der Waals surface area contributed by atoms with E-state index in [0.717, 1.165) is 18.0 Å². The zero-order valence-corrected chi connectivity index (χ0v) is 10.7. The predicted octanol–water partition coefficient (Wildman–Crippen LogP) is 2.09. The third-order valence-corrected chi connectivity index (χ3v) is 3.48. The van der Waals surface area contributed by atoms with Gasteiger partial charge in [0.05, 0.1) is 10.6 Å². The monoisotopic (exact) mass is 228 g/mol. The van der Waals surface area contributed by atoms with Crippen LogP contribution in [0.1, 0.15) is 25.8 Å².